The van der Waals surface area contributed by atoms with E-state index >= 15 is 0 Å². The predicted octanol–water partition coefficient (Wildman–Crippen LogP) is 1.21. The maximum Gasteiger partial charge on any atom is 0.0950 e. The lowest BCUT2D eigenvalue weighted by Gasteiger charge is -1.93. The van der Waals surface area contributed by atoms with Gasteiger partial charge in [0.25, 0.3) is 0 Å². The van der Waals surface area contributed by atoms with Crippen LogP contribution >= 0.6 is 0 Å². The van der Waals surface area contributed by atoms with Gasteiger partial charge in [-0.15, -0.1) is 0 Å². The zero-order valence-electron chi connectivity index (χ0n) is 7.41. The minimum Gasteiger partial charge on any atom is -0.395 e. The van der Waals surface area contributed by atoms with Crippen LogP contribution in [0, 0.1) is 6.92 Å². The van der Waals surface area contributed by atoms with Gasteiger partial charge in [-0.2, -0.15) is 0 Å². The Morgan fingerprint density at radius 1 is 1.55 bits per heavy atom. The minimum absolute atomic E-state index is 0.176. The highest BCUT2D eigenvalue weighted by Gasteiger charge is 1.89. The Balaban J connectivity index is 0.000000461. The van der Waals surface area contributed by atoms with Crippen molar-refractivity contribution >= 4 is 0 Å². The third-order valence-electron chi connectivity index (χ3n) is 1.12. The zero-order valence-corrected chi connectivity index (χ0v) is 7.41. The molecule has 0 spiro atoms. The van der Waals surface area contributed by atoms with Crippen molar-refractivity contribution in [3.05, 3.63) is 18.2 Å². The Morgan fingerprint density at radius 3 is 2.55 bits per heavy atom. The van der Waals surface area contributed by atoms with Gasteiger partial charge in [0.05, 0.1) is 18.6 Å². The van der Waals surface area contributed by atoms with Gasteiger partial charge in [0.1, 0.15) is 0 Å². The maximum absolute atomic E-state index is 8.48. The number of hydrogen-bond acceptors (Lipinski definition) is 2. The molecule has 0 saturated carbocycles. The van der Waals surface area contributed by atoms with E-state index in [1.165, 1.54) is 0 Å². The topological polar surface area (TPSA) is 38.0 Å². The lowest BCUT2D eigenvalue weighted by atomic mass is 10.5. The summed E-state index contributed by atoms with van der Waals surface area (Å²) in [4.78, 5) is 3.99. The molecule has 1 heterocycles. The summed E-state index contributed by atoms with van der Waals surface area (Å²) in [5.41, 5.74) is 0.989. The van der Waals surface area contributed by atoms with Gasteiger partial charge in [-0.05, 0) is 6.92 Å². The molecule has 0 aliphatic rings. The molecule has 0 unspecified atom stereocenters. The van der Waals surface area contributed by atoms with Crippen LogP contribution in [-0.2, 0) is 6.54 Å². The molecular weight excluding hydrogens is 140 g/mol. The van der Waals surface area contributed by atoms with E-state index in [4.69, 9.17) is 5.11 Å². The van der Waals surface area contributed by atoms with E-state index in [0.29, 0.717) is 6.54 Å². The van der Waals surface area contributed by atoms with Crippen molar-refractivity contribution in [1.82, 2.24) is 9.55 Å². The fraction of sp³-hybridized carbons (Fsp3) is 0.625. The van der Waals surface area contributed by atoms with Gasteiger partial charge in [-0.25, -0.2) is 4.98 Å². The van der Waals surface area contributed by atoms with E-state index < -0.39 is 0 Å². The average molecular weight is 156 g/mol. The van der Waals surface area contributed by atoms with E-state index in [1.807, 2.05) is 31.5 Å². The summed E-state index contributed by atoms with van der Waals surface area (Å²) in [6, 6.07) is 0. The smallest absolute Gasteiger partial charge is 0.0950 e. The van der Waals surface area contributed by atoms with Crippen LogP contribution in [0.5, 0.6) is 0 Å². The molecule has 0 saturated heterocycles. The molecule has 0 aromatic carbocycles. The second-order valence-electron chi connectivity index (χ2n) is 1.98. The molecule has 0 radical (unpaired) electrons. The van der Waals surface area contributed by atoms with Crippen LogP contribution in [0.3, 0.4) is 0 Å². The Morgan fingerprint density at radius 2 is 2.18 bits per heavy atom. The largest absolute Gasteiger partial charge is 0.395 e. The third-order valence-corrected chi connectivity index (χ3v) is 1.12. The van der Waals surface area contributed by atoms with E-state index in [2.05, 4.69) is 4.98 Å². The first-order valence-corrected chi connectivity index (χ1v) is 3.92. The van der Waals surface area contributed by atoms with Crippen molar-refractivity contribution in [3.8, 4) is 0 Å². The van der Waals surface area contributed by atoms with Crippen molar-refractivity contribution in [3.63, 3.8) is 0 Å². The number of aryl methyl sites for hydroxylation is 1. The molecule has 0 aliphatic heterocycles. The van der Waals surface area contributed by atoms with Gasteiger partial charge in [-0.1, -0.05) is 13.8 Å². The van der Waals surface area contributed by atoms with E-state index in [-0.39, 0.29) is 6.61 Å². The van der Waals surface area contributed by atoms with Crippen molar-refractivity contribution in [1.29, 1.82) is 0 Å². The van der Waals surface area contributed by atoms with Crippen molar-refractivity contribution in [2.24, 2.45) is 0 Å². The molecule has 0 amide bonds. The molecule has 64 valence electrons. The van der Waals surface area contributed by atoms with Crippen LogP contribution in [0.4, 0.5) is 0 Å². The van der Waals surface area contributed by atoms with E-state index in [1.54, 1.807) is 6.33 Å². The van der Waals surface area contributed by atoms with Crippen LogP contribution in [0.2, 0.25) is 0 Å². The van der Waals surface area contributed by atoms with Gasteiger partial charge in [0.2, 0.25) is 0 Å². The molecule has 3 heteroatoms. The average Bonchev–Trinajstić information content (AvgIpc) is 2.41. The molecule has 1 aromatic heterocycles. The zero-order chi connectivity index (χ0) is 8.69. The second-order valence-corrected chi connectivity index (χ2v) is 1.98. The maximum atomic E-state index is 8.48. The first-order chi connectivity index (χ1) is 5.33. The molecule has 3 nitrogen and oxygen atoms in total. The van der Waals surface area contributed by atoms with Crippen molar-refractivity contribution in [2.75, 3.05) is 6.61 Å². The van der Waals surface area contributed by atoms with E-state index in [9.17, 15) is 0 Å². The minimum atomic E-state index is 0.176. The SMILES string of the molecule is CC.Cc1cn(CCO)cn1. The lowest BCUT2D eigenvalue weighted by Crippen LogP contribution is -1.97. The van der Waals surface area contributed by atoms with Crippen LogP contribution < -0.4 is 0 Å². The summed E-state index contributed by atoms with van der Waals surface area (Å²) in [6.07, 6.45) is 3.61. The van der Waals surface area contributed by atoms with Gasteiger partial charge >= 0.3 is 0 Å². The molecule has 0 aliphatic carbocycles. The molecule has 0 bridgehead atoms. The number of nitrogens with zero attached hydrogens (tertiary/aromatic N) is 2. The Bertz CT molecular complexity index is 184. The van der Waals surface area contributed by atoms with Crippen LogP contribution in [0.25, 0.3) is 0 Å². The number of rotatable bonds is 2. The van der Waals surface area contributed by atoms with Gasteiger partial charge in [0, 0.05) is 12.7 Å². The number of hydrogen-bond donors (Lipinski definition) is 1. The van der Waals surface area contributed by atoms with Crippen LogP contribution in [0.1, 0.15) is 19.5 Å². The van der Waals surface area contributed by atoms with Gasteiger partial charge < -0.3 is 9.67 Å². The summed E-state index contributed by atoms with van der Waals surface area (Å²) < 4.78 is 1.86. The standard InChI is InChI=1S/C6H10N2O.C2H6/c1-6-4-8(2-3-9)5-7-6;1-2/h4-5,9H,2-3H2,1H3;1-2H3. The number of imidazole rings is 1. The summed E-state index contributed by atoms with van der Waals surface area (Å²) in [6.45, 7) is 6.74. The second kappa shape index (κ2) is 5.92. The molecule has 1 aromatic rings. The number of aromatic nitrogens is 2. The Hall–Kier alpha value is -0.830. The summed E-state index contributed by atoms with van der Waals surface area (Å²) in [7, 11) is 0. The highest BCUT2D eigenvalue weighted by Crippen LogP contribution is 1.91. The first-order valence-electron chi connectivity index (χ1n) is 3.92. The molecule has 0 fully saturated rings. The van der Waals surface area contributed by atoms with Crippen molar-refractivity contribution < 1.29 is 5.11 Å². The summed E-state index contributed by atoms with van der Waals surface area (Å²) >= 11 is 0. The van der Waals surface area contributed by atoms with Gasteiger partial charge in [0.15, 0.2) is 0 Å². The molecule has 11 heavy (non-hydrogen) atoms. The van der Waals surface area contributed by atoms with Crippen LogP contribution in [0.15, 0.2) is 12.5 Å². The lowest BCUT2D eigenvalue weighted by molar-refractivity contribution is 0.276. The normalized spacial score (nSPS) is 8.73. The summed E-state index contributed by atoms with van der Waals surface area (Å²) in [5.74, 6) is 0. The molecule has 0 atom stereocenters. The molecular formula is C8H16N2O. The first kappa shape index (κ1) is 10.2. The summed E-state index contributed by atoms with van der Waals surface area (Å²) in [5, 5.41) is 8.48. The predicted molar refractivity (Wildman–Crippen MR) is 45.4 cm³/mol. The Labute approximate surface area is 67.7 Å². The van der Waals surface area contributed by atoms with Gasteiger partial charge in [-0.3, -0.25) is 0 Å². The number of aliphatic hydroxyl groups excluding tert-OH is 1. The molecule has 1 rings (SSSR count). The fourth-order valence-corrected chi connectivity index (χ4v) is 0.710. The third kappa shape index (κ3) is 3.78. The monoisotopic (exact) mass is 156 g/mol. The number of aliphatic hydroxyl groups is 1. The highest BCUT2D eigenvalue weighted by molar-refractivity contribution is 4.91. The quantitative estimate of drug-likeness (QED) is 0.699. The Kier molecular flexibility index (Phi) is 5.47. The van der Waals surface area contributed by atoms with Crippen LogP contribution in [-0.4, -0.2) is 21.3 Å². The van der Waals surface area contributed by atoms with E-state index in [0.717, 1.165) is 5.69 Å². The fourth-order valence-electron chi connectivity index (χ4n) is 0.710. The molecule has 1 N–H and O–H groups in total. The van der Waals surface area contributed by atoms with Crippen molar-refractivity contribution in [2.45, 2.75) is 27.3 Å². The highest BCUT2D eigenvalue weighted by atomic mass is 16.3.